The van der Waals surface area contributed by atoms with Gasteiger partial charge in [-0.3, -0.25) is 4.72 Å². The summed E-state index contributed by atoms with van der Waals surface area (Å²) in [4.78, 5) is 0. The molecule has 0 bridgehead atoms. The molecule has 18 heavy (non-hydrogen) atoms. The maximum Gasteiger partial charge on any atom is 0.301 e. The van der Waals surface area contributed by atoms with Crippen molar-refractivity contribution in [3.8, 4) is 11.8 Å². The standard InChI is InChI=1S/C12H16N2O3S/c1-10-7-11(5-4-6-15)9-12(8-10)13-18(16,17)14(2)3/h7-9,13,15H,6H2,1-3H3. The predicted octanol–water partition coefficient (Wildman–Crippen LogP) is 0.557. The highest BCUT2D eigenvalue weighted by molar-refractivity contribution is 7.90. The van der Waals surface area contributed by atoms with Crippen molar-refractivity contribution in [1.82, 2.24) is 4.31 Å². The molecule has 0 aliphatic heterocycles. The Morgan fingerprint density at radius 2 is 2.00 bits per heavy atom. The van der Waals surface area contributed by atoms with E-state index in [0.717, 1.165) is 9.87 Å². The Hall–Kier alpha value is -1.55. The summed E-state index contributed by atoms with van der Waals surface area (Å²) in [5.74, 6) is 5.26. The molecule has 0 unspecified atom stereocenters. The van der Waals surface area contributed by atoms with Gasteiger partial charge in [-0.2, -0.15) is 12.7 Å². The number of hydrogen-bond donors (Lipinski definition) is 2. The van der Waals surface area contributed by atoms with E-state index in [0.29, 0.717) is 11.3 Å². The molecule has 0 spiro atoms. The molecule has 0 saturated heterocycles. The van der Waals surface area contributed by atoms with Crippen LogP contribution >= 0.6 is 0 Å². The van der Waals surface area contributed by atoms with Crippen molar-refractivity contribution in [3.63, 3.8) is 0 Å². The second-order valence-corrected chi connectivity index (χ2v) is 5.82. The molecule has 1 aromatic rings. The number of hydrogen-bond acceptors (Lipinski definition) is 3. The van der Waals surface area contributed by atoms with Gasteiger partial charge in [-0.05, 0) is 30.7 Å². The van der Waals surface area contributed by atoms with Crippen molar-refractivity contribution in [1.29, 1.82) is 0 Å². The lowest BCUT2D eigenvalue weighted by atomic mass is 10.1. The number of nitrogens with zero attached hydrogens (tertiary/aromatic N) is 1. The van der Waals surface area contributed by atoms with E-state index < -0.39 is 10.2 Å². The first-order chi connectivity index (χ1) is 8.35. The predicted molar refractivity (Wildman–Crippen MR) is 71.4 cm³/mol. The number of benzene rings is 1. The number of nitrogens with one attached hydrogen (secondary N) is 1. The van der Waals surface area contributed by atoms with Gasteiger partial charge in [0.05, 0.1) is 5.69 Å². The summed E-state index contributed by atoms with van der Waals surface area (Å²) < 4.78 is 26.9. The van der Waals surface area contributed by atoms with Crippen LogP contribution in [0.1, 0.15) is 11.1 Å². The van der Waals surface area contributed by atoms with E-state index in [-0.39, 0.29) is 6.61 Å². The van der Waals surface area contributed by atoms with Crippen molar-refractivity contribution >= 4 is 15.9 Å². The second kappa shape index (κ2) is 5.87. The van der Waals surface area contributed by atoms with E-state index in [1.165, 1.54) is 14.1 Å². The minimum absolute atomic E-state index is 0.229. The smallest absolute Gasteiger partial charge is 0.301 e. The summed E-state index contributed by atoms with van der Waals surface area (Å²) in [5.41, 5.74) is 1.99. The number of rotatable bonds is 3. The Bertz CT molecular complexity index is 583. The van der Waals surface area contributed by atoms with E-state index in [1.54, 1.807) is 12.1 Å². The molecule has 0 atom stereocenters. The molecule has 0 amide bonds. The zero-order chi connectivity index (χ0) is 13.8. The highest BCUT2D eigenvalue weighted by atomic mass is 32.2. The summed E-state index contributed by atoms with van der Waals surface area (Å²) in [6.45, 7) is 1.62. The van der Waals surface area contributed by atoms with Crippen molar-refractivity contribution in [2.75, 3.05) is 25.4 Å². The van der Waals surface area contributed by atoms with Gasteiger partial charge in [-0.25, -0.2) is 0 Å². The molecule has 0 aliphatic rings. The van der Waals surface area contributed by atoms with Crippen LogP contribution in [0.2, 0.25) is 0 Å². The third-order valence-electron chi connectivity index (χ3n) is 2.12. The fraction of sp³-hybridized carbons (Fsp3) is 0.333. The summed E-state index contributed by atoms with van der Waals surface area (Å²) in [7, 11) is -0.621. The third-order valence-corrected chi connectivity index (χ3v) is 3.57. The van der Waals surface area contributed by atoms with E-state index in [1.807, 2.05) is 13.0 Å². The first kappa shape index (κ1) is 14.5. The molecule has 1 rings (SSSR count). The van der Waals surface area contributed by atoms with Crippen molar-refractivity contribution < 1.29 is 13.5 Å². The molecular formula is C12H16N2O3S. The minimum Gasteiger partial charge on any atom is -0.384 e. The summed E-state index contributed by atoms with van der Waals surface area (Å²) >= 11 is 0. The van der Waals surface area contributed by atoms with Crippen molar-refractivity contribution in [2.24, 2.45) is 0 Å². The van der Waals surface area contributed by atoms with Crippen LogP contribution in [0.4, 0.5) is 5.69 Å². The van der Waals surface area contributed by atoms with Gasteiger partial charge in [0.1, 0.15) is 6.61 Å². The Morgan fingerprint density at radius 1 is 1.33 bits per heavy atom. The Kier molecular flexibility index (Phi) is 4.73. The summed E-state index contributed by atoms with van der Waals surface area (Å²) in [6.07, 6.45) is 0. The lowest BCUT2D eigenvalue weighted by molar-refractivity contribution is 0.350. The van der Waals surface area contributed by atoms with Crippen LogP contribution in [0.3, 0.4) is 0 Å². The zero-order valence-electron chi connectivity index (χ0n) is 10.6. The van der Waals surface area contributed by atoms with Gasteiger partial charge in [-0.15, -0.1) is 0 Å². The molecule has 0 heterocycles. The molecule has 0 fully saturated rings. The number of anilines is 1. The van der Waals surface area contributed by atoms with Crippen LogP contribution < -0.4 is 4.72 Å². The Morgan fingerprint density at radius 3 is 2.56 bits per heavy atom. The van der Waals surface area contributed by atoms with Crippen LogP contribution in [0.15, 0.2) is 18.2 Å². The third kappa shape index (κ3) is 4.04. The quantitative estimate of drug-likeness (QED) is 0.787. The van der Waals surface area contributed by atoms with Gasteiger partial charge in [0, 0.05) is 19.7 Å². The van der Waals surface area contributed by atoms with Crippen LogP contribution in [0.5, 0.6) is 0 Å². The van der Waals surface area contributed by atoms with E-state index in [2.05, 4.69) is 16.6 Å². The van der Waals surface area contributed by atoms with E-state index in [9.17, 15) is 8.42 Å². The van der Waals surface area contributed by atoms with Crippen LogP contribution in [0, 0.1) is 18.8 Å². The molecular weight excluding hydrogens is 252 g/mol. The normalized spacial score (nSPS) is 10.9. The molecule has 0 aromatic heterocycles. The van der Waals surface area contributed by atoms with E-state index >= 15 is 0 Å². The second-order valence-electron chi connectivity index (χ2n) is 3.94. The minimum atomic E-state index is -3.52. The molecule has 98 valence electrons. The topological polar surface area (TPSA) is 69.6 Å². The van der Waals surface area contributed by atoms with Crippen LogP contribution in [-0.2, 0) is 10.2 Å². The molecule has 0 aliphatic carbocycles. The van der Waals surface area contributed by atoms with Crippen molar-refractivity contribution in [2.45, 2.75) is 6.92 Å². The first-order valence-corrected chi connectivity index (χ1v) is 6.71. The average Bonchev–Trinajstić information content (AvgIpc) is 2.24. The number of aliphatic hydroxyl groups excluding tert-OH is 1. The maximum absolute atomic E-state index is 11.7. The molecule has 5 nitrogen and oxygen atoms in total. The highest BCUT2D eigenvalue weighted by Gasteiger charge is 2.13. The fourth-order valence-electron chi connectivity index (χ4n) is 1.30. The zero-order valence-corrected chi connectivity index (χ0v) is 11.4. The van der Waals surface area contributed by atoms with E-state index in [4.69, 9.17) is 5.11 Å². The summed E-state index contributed by atoms with van der Waals surface area (Å²) in [5, 5.41) is 8.63. The number of aryl methyl sites for hydroxylation is 1. The molecule has 6 heteroatoms. The molecule has 2 N–H and O–H groups in total. The largest absolute Gasteiger partial charge is 0.384 e. The molecule has 0 saturated carbocycles. The number of aliphatic hydroxyl groups is 1. The first-order valence-electron chi connectivity index (χ1n) is 5.27. The van der Waals surface area contributed by atoms with Gasteiger partial charge in [0.15, 0.2) is 0 Å². The SMILES string of the molecule is Cc1cc(C#CCO)cc(NS(=O)(=O)N(C)C)c1. The summed E-state index contributed by atoms with van der Waals surface area (Å²) in [6, 6.07) is 5.15. The van der Waals surface area contributed by atoms with Crippen LogP contribution in [0.25, 0.3) is 0 Å². The lowest BCUT2D eigenvalue weighted by Crippen LogP contribution is -2.28. The maximum atomic E-state index is 11.7. The van der Waals surface area contributed by atoms with Crippen molar-refractivity contribution in [3.05, 3.63) is 29.3 Å². The Labute approximate surface area is 108 Å². The van der Waals surface area contributed by atoms with Gasteiger partial charge in [0.2, 0.25) is 0 Å². The van der Waals surface area contributed by atoms with Gasteiger partial charge < -0.3 is 5.11 Å². The van der Waals surface area contributed by atoms with Gasteiger partial charge >= 0.3 is 10.2 Å². The van der Waals surface area contributed by atoms with Crippen LogP contribution in [-0.4, -0.2) is 38.5 Å². The van der Waals surface area contributed by atoms with Gasteiger partial charge in [0.25, 0.3) is 0 Å². The highest BCUT2D eigenvalue weighted by Crippen LogP contribution is 2.15. The Balaban J connectivity index is 3.08. The molecule has 0 radical (unpaired) electrons. The van der Waals surface area contributed by atoms with Gasteiger partial charge in [-0.1, -0.05) is 11.8 Å². The lowest BCUT2D eigenvalue weighted by Gasteiger charge is -2.14. The molecule has 1 aromatic carbocycles. The monoisotopic (exact) mass is 268 g/mol. The average molecular weight is 268 g/mol. The fourth-order valence-corrected chi connectivity index (χ4v) is 1.89.